The molecule has 158 valence electrons. The zero-order valence-corrected chi connectivity index (χ0v) is 15.8. The number of alkyl halides is 3. The highest BCUT2D eigenvalue weighted by Crippen LogP contribution is 2.33. The Morgan fingerprint density at radius 2 is 1.90 bits per heavy atom. The van der Waals surface area contributed by atoms with Gasteiger partial charge in [-0.15, -0.1) is 23.4 Å². The van der Waals surface area contributed by atoms with Crippen LogP contribution in [0.3, 0.4) is 0 Å². The second-order valence-corrected chi connectivity index (χ2v) is 6.10. The minimum absolute atomic E-state index is 0.0914. The molecule has 0 radical (unpaired) electrons. The van der Waals surface area contributed by atoms with Crippen LogP contribution >= 0.6 is 0 Å². The molecular weight excluding hydrogens is 417 g/mol. The molecule has 4 rings (SSSR count). The molecule has 3 aromatic heterocycles. The number of methoxy groups -OCH3 is 1. The van der Waals surface area contributed by atoms with Crippen LogP contribution in [-0.4, -0.2) is 44.2 Å². The number of para-hydroxylation sites is 1. The Morgan fingerprint density at radius 1 is 1.10 bits per heavy atom. The van der Waals surface area contributed by atoms with Crippen molar-refractivity contribution >= 4 is 17.4 Å². The van der Waals surface area contributed by atoms with Crippen molar-refractivity contribution in [2.24, 2.45) is 0 Å². The van der Waals surface area contributed by atoms with Crippen LogP contribution in [0.2, 0.25) is 0 Å². The van der Waals surface area contributed by atoms with Crippen LogP contribution < -0.4 is 14.8 Å². The number of ether oxygens (including phenoxy) is 2. The van der Waals surface area contributed by atoms with Crippen molar-refractivity contribution in [2.75, 3.05) is 12.4 Å². The van der Waals surface area contributed by atoms with Gasteiger partial charge in [-0.2, -0.15) is 5.10 Å². The number of hydrogen-bond donors (Lipinski definition) is 1. The molecule has 0 fully saturated rings. The molecule has 1 N–H and O–H groups in total. The lowest BCUT2D eigenvalue weighted by atomic mass is 10.1. The molecule has 0 spiro atoms. The summed E-state index contributed by atoms with van der Waals surface area (Å²) in [5.41, 5.74) is 0.508. The van der Waals surface area contributed by atoms with Crippen LogP contribution in [-0.2, 0) is 0 Å². The molecule has 1 aromatic carbocycles. The number of halogens is 3. The minimum atomic E-state index is -4.86. The van der Waals surface area contributed by atoms with E-state index in [9.17, 15) is 18.0 Å². The molecule has 12 heteroatoms. The van der Waals surface area contributed by atoms with Gasteiger partial charge in [0.15, 0.2) is 11.5 Å². The Labute approximate surface area is 172 Å². The van der Waals surface area contributed by atoms with E-state index >= 15 is 0 Å². The van der Waals surface area contributed by atoms with Crippen molar-refractivity contribution in [3.63, 3.8) is 0 Å². The van der Waals surface area contributed by atoms with Gasteiger partial charge in [0.05, 0.1) is 19.0 Å². The Morgan fingerprint density at radius 3 is 2.61 bits per heavy atom. The summed E-state index contributed by atoms with van der Waals surface area (Å²) in [6.45, 7) is 0. The molecule has 0 aliphatic carbocycles. The standard InChI is InChI=1S/C19H13F3N6O3/c1-30-16-7-6-15(26-27-16)25-18(29)12-10-23-28-9-8-13(24-17(12)28)11-4-2-3-5-14(11)31-19(20,21)22/h2-10H,1H3,(H,25,26,29). The van der Waals surface area contributed by atoms with Crippen LogP contribution in [0.25, 0.3) is 16.9 Å². The summed E-state index contributed by atoms with van der Waals surface area (Å²) >= 11 is 0. The number of hydrogen-bond acceptors (Lipinski definition) is 7. The highest BCUT2D eigenvalue weighted by molar-refractivity contribution is 6.07. The number of nitrogens with one attached hydrogen (secondary N) is 1. The normalized spacial score (nSPS) is 11.4. The molecule has 0 atom stereocenters. The SMILES string of the molecule is COc1ccc(NC(=O)c2cnn3ccc(-c4ccccc4OC(F)(F)F)nc23)nn1. The first-order valence-electron chi connectivity index (χ1n) is 8.72. The summed E-state index contributed by atoms with van der Waals surface area (Å²) in [6, 6.07) is 10.1. The van der Waals surface area contributed by atoms with Gasteiger partial charge in [-0.1, -0.05) is 12.1 Å². The van der Waals surface area contributed by atoms with E-state index in [2.05, 4.69) is 30.3 Å². The fraction of sp³-hybridized carbons (Fsp3) is 0.105. The van der Waals surface area contributed by atoms with Gasteiger partial charge in [0.1, 0.15) is 11.3 Å². The monoisotopic (exact) mass is 430 g/mol. The Bertz CT molecular complexity index is 1240. The number of carbonyl (C=O) groups excluding carboxylic acids is 1. The van der Waals surface area contributed by atoms with Crippen molar-refractivity contribution in [3.05, 3.63) is 60.4 Å². The maximum absolute atomic E-state index is 12.7. The van der Waals surface area contributed by atoms with Crippen LogP contribution in [0.1, 0.15) is 10.4 Å². The van der Waals surface area contributed by atoms with E-state index in [1.54, 1.807) is 6.07 Å². The third-order valence-electron chi connectivity index (χ3n) is 4.09. The molecule has 0 aliphatic heterocycles. The summed E-state index contributed by atoms with van der Waals surface area (Å²) in [4.78, 5) is 17.0. The number of benzene rings is 1. The Kier molecular flexibility index (Phi) is 5.11. The van der Waals surface area contributed by atoms with Crippen molar-refractivity contribution in [1.82, 2.24) is 24.8 Å². The minimum Gasteiger partial charge on any atom is -0.480 e. The molecule has 0 aliphatic rings. The molecule has 0 unspecified atom stereocenters. The summed E-state index contributed by atoms with van der Waals surface area (Å²) in [5.74, 6) is -0.532. The smallest absolute Gasteiger partial charge is 0.480 e. The van der Waals surface area contributed by atoms with E-state index in [1.807, 2.05) is 0 Å². The third-order valence-corrected chi connectivity index (χ3v) is 4.09. The number of rotatable bonds is 5. The molecule has 9 nitrogen and oxygen atoms in total. The van der Waals surface area contributed by atoms with Crippen LogP contribution in [0.5, 0.6) is 11.6 Å². The number of aromatic nitrogens is 5. The average molecular weight is 430 g/mol. The second-order valence-electron chi connectivity index (χ2n) is 6.10. The highest BCUT2D eigenvalue weighted by Gasteiger charge is 2.32. The van der Waals surface area contributed by atoms with E-state index in [-0.39, 0.29) is 34.2 Å². The van der Waals surface area contributed by atoms with Crippen LogP contribution in [0.4, 0.5) is 19.0 Å². The van der Waals surface area contributed by atoms with Gasteiger partial charge in [0.2, 0.25) is 5.88 Å². The van der Waals surface area contributed by atoms with Crippen molar-refractivity contribution in [3.8, 4) is 22.9 Å². The largest absolute Gasteiger partial charge is 0.573 e. The molecule has 4 aromatic rings. The molecule has 0 bridgehead atoms. The van der Waals surface area contributed by atoms with Crippen molar-refractivity contribution in [2.45, 2.75) is 6.36 Å². The molecule has 3 heterocycles. The summed E-state index contributed by atoms with van der Waals surface area (Å²) in [6.07, 6.45) is -2.09. The molecule has 0 saturated carbocycles. The number of fused-ring (bicyclic) bond motifs is 1. The van der Waals surface area contributed by atoms with E-state index in [4.69, 9.17) is 4.74 Å². The first kappa shape index (κ1) is 20.1. The van der Waals surface area contributed by atoms with E-state index < -0.39 is 18.0 Å². The fourth-order valence-corrected chi connectivity index (χ4v) is 2.75. The van der Waals surface area contributed by atoms with Gasteiger partial charge in [-0.3, -0.25) is 4.79 Å². The second kappa shape index (κ2) is 7.89. The Hall–Kier alpha value is -4.22. The molecular formula is C19H13F3N6O3. The van der Waals surface area contributed by atoms with Gasteiger partial charge >= 0.3 is 6.36 Å². The van der Waals surface area contributed by atoms with Gasteiger partial charge in [-0.25, -0.2) is 9.50 Å². The Balaban J connectivity index is 1.68. The predicted octanol–water partition coefficient (Wildman–Crippen LogP) is 3.35. The number of anilines is 1. The third kappa shape index (κ3) is 4.37. The van der Waals surface area contributed by atoms with Gasteiger partial charge in [-0.05, 0) is 24.3 Å². The molecule has 1 amide bonds. The lowest BCUT2D eigenvalue weighted by Gasteiger charge is -2.13. The highest BCUT2D eigenvalue weighted by atomic mass is 19.4. The quantitative estimate of drug-likeness (QED) is 0.518. The summed E-state index contributed by atoms with van der Waals surface area (Å²) in [5, 5.41) is 14.2. The molecule has 0 saturated heterocycles. The maximum Gasteiger partial charge on any atom is 0.573 e. The topological polar surface area (TPSA) is 104 Å². The summed E-state index contributed by atoms with van der Waals surface area (Å²) < 4.78 is 48.5. The number of carbonyl (C=O) groups is 1. The lowest BCUT2D eigenvalue weighted by molar-refractivity contribution is -0.274. The maximum atomic E-state index is 12.7. The number of nitrogens with zero attached hydrogens (tertiary/aromatic N) is 5. The lowest BCUT2D eigenvalue weighted by Crippen LogP contribution is -2.17. The van der Waals surface area contributed by atoms with Crippen LogP contribution in [0, 0.1) is 0 Å². The average Bonchev–Trinajstić information content (AvgIpc) is 3.17. The van der Waals surface area contributed by atoms with E-state index in [1.165, 1.54) is 60.4 Å². The van der Waals surface area contributed by atoms with E-state index in [0.717, 1.165) is 0 Å². The zero-order chi connectivity index (χ0) is 22.0. The van der Waals surface area contributed by atoms with Crippen LogP contribution in [0.15, 0.2) is 54.9 Å². The van der Waals surface area contributed by atoms with Gasteiger partial charge < -0.3 is 14.8 Å². The molecule has 31 heavy (non-hydrogen) atoms. The summed E-state index contributed by atoms with van der Waals surface area (Å²) in [7, 11) is 1.43. The number of amides is 1. The predicted molar refractivity (Wildman–Crippen MR) is 102 cm³/mol. The first-order chi connectivity index (χ1) is 14.8. The van der Waals surface area contributed by atoms with Crippen molar-refractivity contribution in [1.29, 1.82) is 0 Å². The van der Waals surface area contributed by atoms with Gasteiger partial charge in [0.25, 0.3) is 5.91 Å². The van der Waals surface area contributed by atoms with E-state index in [0.29, 0.717) is 0 Å². The first-order valence-corrected chi connectivity index (χ1v) is 8.72. The fourth-order valence-electron chi connectivity index (χ4n) is 2.75. The van der Waals surface area contributed by atoms with Crippen molar-refractivity contribution < 1.29 is 27.4 Å². The van der Waals surface area contributed by atoms with Gasteiger partial charge in [0, 0.05) is 17.8 Å². The zero-order valence-electron chi connectivity index (χ0n) is 15.8.